The predicted molar refractivity (Wildman–Crippen MR) is 105 cm³/mol. The maximum atomic E-state index is 12.4. The van der Waals surface area contributed by atoms with Crippen molar-refractivity contribution in [2.24, 2.45) is 5.41 Å². The van der Waals surface area contributed by atoms with Crippen LogP contribution in [0, 0.1) is 5.41 Å². The number of oxazole rings is 1. The summed E-state index contributed by atoms with van der Waals surface area (Å²) in [5.74, 6) is 0.452. The van der Waals surface area contributed by atoms with Crippen LogP contribution in [0.15, 0.2) is 65.1 Å². The number of amides is 1. The Balaban J connectivity index is 1.83. The summed E-state index contributed by atoms with van der Waals surface area (Å²) >= 11 is 0. The quantitative estimate of drug-likeness (QED) is 0.512. The zero-order valence-electron chi connectivity index (χ0n) is 15.0. The van der Waals surface area contributed by atoms with E-state index in [0.717, 1.165) is 27.4 Å². The van der Waals surface area contributed by atoms with E-state index in [2.05, 4.69) is 16.4 Å². The number of anilines is 1. The van der Waals surface area contributed by atoms with Gasteiger partial charge in [-0.25, -0.2) is 4.98 Å². The van der Waals surface area contributed by atoms with Crippen molar-refractivity contribution in [3.05, 3.63) is 60.7 Å². The maximum absolute atomic E-state index is 12.4. The number of benzene rings is 3. The summed E-state index contributed by atoms with van der Waals surface area (Å²) in [5.41, 5.74) is 2.55. The number of hydrogen-bond acceptors (Lipinski definition) is 3. The van der Waals surface area contributed by atoms with Gasteiger partial charge in [0.1, 0.15) is 5.52 Å². The monoisotopic (exact) mass is 344 g/mol. The predicted octanol–water partition coefficient (Wildman–Crippen LogP) is 5.63. The third-order valence-electron chi connectivity index (χ3n) is 4.37. The van der Waals surface area contributed by atoms with Crippen LogP contribution in [0.25, 0.3) is 33.3 Å². The third-order valence-corrected chi connectivity index (χ3v) is 4.37. The molecule has 0 bridgehead atoms. The van der Waals surface area contributed by atoms with Crippen LogP contribution in [0.5, 0.6) is 0 Å². The summed E-state index contributed by atoms with van der Waals surface area (Å²) in [5, 5.41) is 5.13. The minimum absolute atomic E-state index is 0.0495. The molecule has 0 aliphatic rings. The Hall–Kier alpha value is -3.14. The number of para-hydroxylation sites is 1. The molecule has 0 spiro atoms. The zero-order valence-corrected chi connectivity index (χ0v) is 15.0. The highest BCUT2D eigenvalue weighted by Gasteiger charge is 2.23. The standard InChI is InChI=1S/C22H20N2O2/c1-22(2,3)21(25)24-17-11-7-6-10-16(17)20-23-18-13-12-14-8-4-5-9-15(14)19(18)26-20/h4-13H,1-3H3,(H,24,25). The average Bonchev–Trinajstić information content (AvgIpc) is 3.06. The van der Waals surface area contributed by atoms with E-state index < -0.39 is 5.41 Å². The van der Waals surface area contributed by atoms with Gasteiger partial charge in [-0.2, -0.15) is 0 Å². The Labute approximate surface area is 151 Å². The molecule has 0 radical (unpaired) electrons. The van der Waals surface area contributed by atoms with Crippen LogP contribution in [0.3, 0.4) is 0 Å². The van der Waals surface area contributed by atoms with Gasteiger partial charge in [0.05, 0.1) is 11.3 Å². The van der Waals surface area contributed by atoms with Crippen molar-refractivity contribution in [1.82, 2.24) is 4.98 Å². The smallest absolute Gasteiger partial charge is 0.229 e. The lowest BCUT2D eigenvalue weighted by atomic mass is 9.95. The molecule has 26 heavy (non-hydrogen) atoms. The van der Waals surface area contributed by atoms with Crippen LogP contribution in [0.4, 0.5) is 5.69 Å². The molecule has 0 atom stereocenters. The molecule has 0 fully saturated rings. The fourth-order valence-corrected chi connectivity index (χ4v) is 2.86. The summed E-state index contributed by atoms with van der Waals surface area (Å²) in [7, 11) is 0. The fraction of sp³-hybridized carbons (Fsp3) is 0.182. The molecule has 0 aliphatic carbocycles. The number of carbonyl (C=O) groups is 1. The molecular weight excluding hydrogens is 324 g/mol. The van der Waals surface area contributed by atoms with E-state index in [9.17, 15) is 4.79 Å². The number of aromatic nitrogens is 1. The summed E-state index contributed by atoms with van der Waals surface area (Å²) in [6, 6.07) is 19.6. The fourth-order valence-electron chi connectivity index (χ4n) is 2.86. The van der Waals surface area contributed by atoms with E-state index in [1.54, 1.807) is 0 Å². The average molecular weight is 344 g/mol. The van der Waals surface area contributed by atoms with Gasteiger partial charge in [0.15, 0.2) is 5.58 Å². The molecule has 4 heteroatoms. The van der Waals surface area contributed by atoms with Gasteiger partial charge < -0.3 is 9.73 Å². The lowest BCUT2D eigenvalue weighted by Crippen LogP contribution is -2.27. The molecule has 0 saturated carbocycles. The van der Waals surface area contributed by atoms with Crippen LogP contribution >= 0.6 is 0 Å². The lowest BCUT2D eigenvalue weighted by Gasteiger charge is -2.18. The SMILES string of the molecule is CC(C)(C)C(=O)Nc1ccccc1-c1nc2ccc3ccccc3c2o1. The summed E-state index contributed by atoms with van der Waals surface area (Å²) < 4.78 is 6.11. The normalized spacial score (nSPS) is 11.8. The van der Waals surface area contributed by atoms with E-state index in [1.807, 2.05) is 75.4 Å². The van der Waals surface area contributed by atoms with Gasteiger partial charge in [0.2, 0.25) is 11.8 Å². The number of nitrogens with one attached hydrogen (secondary N) is 1. The summed E-state index contributed by atoms with van der Waals surface area (Å²) in [6.07, 6.45) is 0. The summed E-state index contributed by atoms with van der Waals surface area (Å²) in [4.78, 5) is 17.0. The van der Waals surface area contributed by atoms with E-state index in [-0.39, 0.29) is 5.91 Å². The van der Waals surface area contributed by atoms with Gasteiger partial charge in [-0.3, -0.25) is 4.79 Å². The molecule has 4 nitrogen and oxygen atoms in total. The molecule has 3 aromatic carbocycles. The number of carbonyl (C=O) groups excluding carboxylic acids is 1. The number of hydrogen-bond donors (Lipinski definition) is 1. The van der Waals surface area contributed by atoms with Gasteiger partial charge in [0, 0.05) is 10.8 Å². The van der Waals surface area contributed by atoms with Crippen LogP contribution in [-0.2, 0) is 4.79 Å². The minimum atomic E-state index is -0.482. The first-order chi connectivity index (χ1) is 12.4. The van der Waals surface area contributed by atoms with E-state index in [4.69, 9.17) is 4.42 Å². The highest BCUT2D eigenvalue weighted by atomic mass is 16.3. The topological polar surface area (TPSA) is 55.1 Å². The number of nitrogens with zero attached hydrogens (tertiary/aromatic N) is 1. The number of fused-ring (bicyclic) bond motifs is 3. The highest BCUT2D eigenvalue weighted by molar-refractivity contribution is 6.04. The molecule has 0 aliphatic heterocycles. The largest absolute Gasteiger partial charge is 0.435 e. The van der Waals surface area contributed by atoms with Crippen molar-refractivity contribution in [3.63, 3.8) is 0 Å². The Morgan fingerprint density at radius 3 is 2.50 bits per heavy atom. The van der Waals surface area contributed by atoms with Crippen molar-refractivity contribution < 1.29 is 9.21 Å². The van der Waals surface area contributed by atoms with Crippen molar-refractivity contribution in [3.8, 4) is 11.5 Å². The van der Waals surface area contributed by atoms with Crippen molar-refractivity contribution >= 4 is 33.5 Å². The molecule has 4 aromatic rings. The molecule has 0 saturated heterocycles. The molecule has 4 rings (SSSR count). The van der Waals surface area contributed by atoms with Crippen LogP contribution in [-0.4, -0.2) is 10.9 Å². The van der Waals surface area contributed by atoms with Crippen LogP contribution < -0.4 is 5.32 Å². The van der Waals surface area contributed by atoms with Gasteiger partial charge in [-0.05, 0) is 23.6 Å². The first-order valence-corrected chi connectivity index (χ1v) is 8.62. The number of rotatable bonds is 2. The molecule has 0 unspecified atom stereocenters. The first kappa shape index (κ1) is 16.3. The molecule has 1 aromatic heterocycles. The van der Waals surface area contributed by atoms with Gasteiger partial charge >= 0.3 is 0 Å². The van der Waals surface area contributed by atoms with Crippen molar-refractivity contribution in [2.45, 2.75) is 20.8 Å². The van der Waals surface area contributed by atoms with E-state index in [0.29, 0.717) is 11.6 Å². The first-order valence-electron chi connectivity index (χ1n) is 8.62. The highest BCUT2D eigenvalue weighted by Crippen LogP contribution is 2.33. The van der Waals surface area contributed by atoms with Crippen LogP contribution in [0.1, 0.15) is 20.8 Å². The molecule has 1 amide bonds. The second-order valence-corrected chi connectivity index (χ2v) is 7.40. The van der Waals surface area contributed by atoms with Crippen molar-refractivity contribution in [2.75, 3.05) is 5.32 Å². The molecular formula is C22H20N2O2. The Kier molecular flexibility index (Phi) is 3.76. The van der Waals surface area contributed by atoms with Gasteiger partial charge in [-0.1, -0.05) is 63.2 Å². The second-order valence-electron chi connectivity index (χ2n) is 7.40. The Morgan fingerprint density at radius 2 is 1.69 bits per heavy atom. The van der Waals surface area contributed by atoms with E-state index in [1.165, 1.54) is 0 Å². The van der Waals surface area contributed by atoms with Crippen LogP contribution in [0.2, 0.25) is 0 Å². The Morgan fingerprint density at radius 1 is 0.962 bits per heavy atom. The van der Waals surface area contributed by atoms with Gasteiger partial charge in [0.25, 0.3) is 0 Å². The molecule has 130 valence electrons. The molecule has 1 N–H and O–H groups in total. The zero-order chi connectivity index (χ0) is 18.3. The summed E-state index contributed by atoms with van der Waals surface area (Å²) in [6.45, 7) is 5.66. The maximum Gasteiger partial charge on any atom is 0.229 e. The third kappa shape index (κ3) is 2.84. The second kappa shape index (κ2) is 5.99. The molecule has 1 heterocycles. The minimum Gasteiger partial charge on any atom is -0.435 e. The van der Waals surface area contributed by atoms with Crippen molar-refractivity contribution in [1.29, 1.82) is 0 Å². The van der Waals surface area contributed by atoms with Gasteiger partial charge in [-0.15, -0.1) is 0 Å². The Bertz CT molecular complexity index is 1120. The lowest BCUT2D eigenvalue weighted by molar-refractivity contribution is -0.123. The van der Waals surface area contributed by atoms with E-state index >= 15 is 0 Å².